The number of hydrogen-bond donors (Lipinski definition) is 1. The van der Waals surface area contributed by atoms with Gasteiger partial charge in [0.05, 0.1) is 24.1 Å². The molecule has 170 valence electrons. The van der Waals surface area contributed by atoms with Crippen molar-refractivity contribution >= 4 is 22.6 Å². The van der Waals surface area contributed by atoms with Crippen molar-refractivity contribution < 1.29 is 14.3 Å². The van der Waals surface area contributed by atoms with E-state index in [9.17, 15) is 14.4 Å². The summed E-state index contributed by atoms with van der Waals surface area (Å²) in [6, 6.07) is 10.7. The standard InChI is InChI=1S/C25H31N3O4/c1-6-18-13-20-22(25(31)28(18)14-21(29)17-11-9-8-10-12-17)19(7-2)23(27(20)4)24(30)26-16(3)15-32-5/h8-13,16H,6-7,14-15H2,1-5H3,(H,26,30). The third kappa shape index (κ3) is 4.39. The number of nitrogens with one attached hydrogen (secondary N) is 1. The summed E-state index contributed by atoms with van der Waals surface area (Å²) in [7, 11) is 3.39. The molecule has 0 radical (unpaired) electrons. The van der Waals surface area contributed by atoms with E-state index in [2.05, 4.69) is 5.32 Å². The van der Waals surface area contributed by atoms with Crippen LogP contribution in [0.4, 0.5) is 0 Å². The summed E-state index contributed by atoms with van der Waals surface area (Å²) in [5, 5.41) is 3.44. The second kappa shape index (κ2) is 9.96. The lowest BCUT2D eigenvalue weighted by atomic mass is 10.1. The van der Waals surface area contributed by atoms with Crippen molar-refractivity contribution in [2.24, 2.45) is 7.05 Å². The van der Waals surface area contributed by atoms with E-state index in [0.29, 0.717) is 47.2 Å². The molecule has 1 amide bonds. The van der Waals surface area contributed by atoms with Crippen molar-refractivity contribution in [1.29, 1.82) is 0 Å². The normalized spacial score (nSPS) is 12.2. The average molecular weight is 438 g/mol. The van der Waals surface area contributed by atoms with Crippen LogP contribution >= 0.6 is 0 Å². The second-order valence-corrected chi connectivity index (χ2v) is 8.00. The number of ketones is 1. The SMILES string of the molecule is CCc1c(C(=O)NC(C)COC)n(C)c2cc(CC)n(CC(=O)c3ccccc3)c(=O)c12. The first kappa shape index (κ1) is 23.5. The van der Waals surface area contributed by atoms with Gasteiger partial charge in [0.2, 0.25) is 0 Å². The molecule has 1 unspecified atom stereocenters. The Labute approximate surface area is 188 Å². The topological polar surface area (TPSA) is 82.3 Å². The maximum atomic E-state index is 13.6. The molecule has 0 saturated carbocycles. The van der Waals surface area contributed by atoms with Crippen LogP contribution in [0.1, 0.15) is 52.9 Å². The quantitative estimate of drug-likeness (QED) is 0.522. The van der Waals surface area contributed by atoms with Crippen LogP contribution in [0.2, 0.25) is 0 Å². The van der Waals surface area contributed by atoms with Crippen LogP contribution in [0, 0.1) is 0 Å². The highest BCUT2D eigenvalue weighted by Crippen LogP contribution is 2.25. The Morgan fingerprint density at radius 1 is 1.12 bits per heavy atom. The van der Waals surface area contributed by atoms with Crippen LogP contribution in [-0.2, 0) is 31.2 Å². The zero-order chi connectivity index (χ0) is 23.4. The molecule has 32 heavy (non-hydrogen) atoms. The van der Waals surface area contributed by atoms with Crippen LogP contribution < -0.4 is 10.9 Å². The predicted octanol–water partition coefficient (Wildman–Crippen LogP) is 3.11. The molecule has 2 aromatic heterocycles. The first-order valence-corrected chi connectivity index (χ1v) is 11.0. The number of carbonyl (C=O) groups excluding carboxylic acids is 2. The third-order valence-corrected chi connectivity index (χ3v) is 5.77. The van der Waals surface area contributed by atoms with Crippen molar-refractivity contribution in [2.75, 3.05) is 13.7 Å². The van der Waals surface area contributed by atoms with Gasteiger partial charge in [-0.15, -0.1) is 0 Å². The maximum absolute atomic E-state index is 13.6. The highest BCUT2D eigenvalue weighted by atomic mass is 16.5. The minimum Gasteiger partial charge on any atom is -0.383 e. The van der Waals surface area contributed by atoms with Gasteiger partial charge >= 0.3 is 0 Å². The summed E-state index contributed by atoms with van der Waals surface area (Å²) in [4.78, 5) is 39.5. The van der Waals surface area contributed by atoms with Crippen LogP contribution in [0.25, 0.3) is 10.9 Å². The molecule has 2 heterocycles. The first-order chi connectivity index (χ1) is 15.3. The van der Waals surface area contributed by atoms with E-state index in [1.54, 1.807) is 35.4 Å². The van der Waals surface area contributed by atoms with E-state index >= 15 is 0 Å². The molecule has 7 heteroatoms. The lowest BCUT2D eigenvalue weighted by Gasteiger charge is -2.14. The van der Waals surface area contributed by atoms with Gasteiger partial charge in [0, 0.05) is 31.5 Å². The Bertz CT molecular complexity index is 1190. The fraction of sp³-hybridized carbons (Fsp3) is 0.400. The van der Waals surface area contributed by atoms with E-state index in [1.165, 1.54) is 0 Å². The number of fused-ring (bicyclic) bond motifs is 1. The predicted molar refractivity (Wildman–Crippen MR) is 126 cm³/mol. The van der Waals surface area contributed by atoms with Crippen molar-refractivity contribution in [3.63, 3.8) is 0 Å². The van der Waals surface area contributed by atoms with Gasteiger partial charge in [0.15, 0.2) is 5.78 Å². The number of aromatic nitrogens is 2. The van der Waals surface area contributed by atoms with Gasteiger partial charge in [-0.25, -0.2) is 0 Å². The average Bonchev–Trinajstić information content (AvgIpc) is 3.07. The van der Waals surface area contributed by atoms with E-state index in [0.717, 1.165) is 5.69 Å². The summed E-state index contributed by atoms with van der Waals surface area (Å²) in [6.07, 6.45) is 1.11. The number of ether oxygens (including phenoxy) is 1. The largest absolute Gasteiger partial charge is 0.383 e. The van der Waals surface area contributed by atoms with Crippen LogP contribution in [0.3, 0.4) is 0 Å². The highest BCUT2D eigenvalue weighted by molar-refractivity contribution is 6.02. The summed E-state index contributed by atoms with van der Waals surface area (Å²) in [5.41, 5.74) is 2.96. The van der Waals surface area contributed by atoms with Gasteiger partial charge in [0.1, 0.15) is 5.69 Å². The molecule has 0 aliphatic rings. The number of methoxy groups -OCH3 is 1. The molecule has 0 bridgehead atoms. The summed E-state index contributed by atoms with van der Waals surface area (Å²) < 4.78 is 8.45. The Morgan fingerprint density at radius 3 is 2.41 bits per heavy atom. The Morgan fingerprint density at radius 2 is 1.81 bits per heavy atom. The molecular formula is C25H31N3O4. The number of Topliss-reactive ketones (excluding diaryl/α,β-unsaturated/α-hetero) is 1. The summed E-state index contributed by atoms with van der Waals surface area (Å²) in [5.74, 6) is -0.364. The van der Waals surface area contributed by atoms with Crippen molar-refractivity contribution in [2.45, 2.75) is 46.2 Å². The van der Waals surface area contributed by atoms with E-state index in [1.807, 2.05) is 45.0 Å². The molecule has 3 aromatic rings. The van der Waals surface area contributed by atoms with E-state index < -0.39 is 0 Å². The lowest BCUT2D eigenvalue weighted by molar-refractivity contribution is 0.0896. The number of aryl methyl sites for hydroxylation is 3. The molecule has 0 spiro atoms. The van der Waals surface area contributed by atoms with E-state index in [4.69, 9.17) is 4.74 Å². The van der Waals surface area contributed by atoms with Crippen LogP contribution in [-0.4, -0.2) is 40.6 Å². The van der Waals surface area contributed by atoms with Crippen LogP contribution in [0.5, 0.6) is 0 Å². The number of benzene rings is 1. The number of amides is 1. The minimum atomic E-state index is -0.241. The monoisotopic (exact) mass is 437 g/mol. The molecular weight excluding hydrogens is 406 g/mol. The number of carbonyl (C=O) groups is 2. The Balaban J connectivity index is 2.14. The number of rotatable bonds is 9. The second-order valence-electron chi connectivity index (χ2n) is 8.00. The molecule has 1 atom stereocenters. The summed E-state index contributed by atoms with van der Waals surface area (Å²) >= 11 is 0. The molecule has 1 N–H and O–H groups in total. The molecule has 0 saturated heterocycles. The van der Waals surface area contributed by atoms with Gasteiger partial charge in [-0.2, -0.15) is 0 Å². The molecule has 0 aliphatic heterocycles. The van der Waals surface area contributed by atoms with Gasteiger partial charge in [-0.1, -0.05) is 44.2 Å². The molecule has 1 aromatic carbocycles. The Kier molecular flexibility index (Phi) is 7.30. The lowest BCUT2D eigenvalue weighted by Crippen LogP contribution is -2.37. The van der Waals surface area contributed by atoms with Gasteiger partial charge in [-0.05, 0) is 31.4 Å². The van der Waals surface area contributed by atoms with Gasteiger partial charge in [0.25, 0.3) is 11.5 Å². The molecule has 7 nitrogen and oxygen atoms in total. The number of pyridine rings is 1. The van der Waals surface area contributed by atoms with Crippen molar-refractivity contribution in [1.82, 2.24) is 14.5 Å². The zero-order valence-corrected chi connectivity index (χ0v) is 19.4. The number of hydrogen-bond acceptors (Lipinski definition) is 4. The van der Waals surface area contributed by atoms with Gasteiger partial charge < -0.3 is 19.2 Å². The fourth-order valence-corrected chi connectivity index (χ4v) is 4.21. The molecule has 0 aliphatic carbocycles. The first-order valence-electron chi connectivity index (χ1n) is 11.0. The third-order valence-electron chi connectivity index (χ3n) is 5.77. The Hall–Kier alpha value is -3.19. The molecule has 3 rings (SSSR count). The fourth-order valence-electron chi connectivity index (χ4n) is 4.21. The number of nitrogens with zero attached hydrogens (tertiary/aromatic N) is 2. The minimum absolute atomic E-state index is 0.0353. The summed E-state index contributed by atoms with van der Waals surface area (Å²) in [6.45, 7) is 6.11. The van der Waals surface area contributed by atoms with Gasteiger partial charge in [-0.3, -0.25) is 14.4 Å². The molecule has 0 fully saturated rings. The van der Waals surface area contributed by atoms with Crippen LogP contribution in [0.15, 0.2) is 41.2 Å². The van der Waals surface area contributed by atoms with Crippen molar-refractivity contribution in [3.8, 4) is 0 Å². The maximum Gasteiger partial charge on any atom is 0.268 e. The van der Waals surface area contributed by atoms with Crippen molar-refractivity contribution in [3.05, 3.63) is 69.3 Å². The smallest absolute Gasteiger partial charge is 0.268 e. The highest BCUT2D eigenvalue weighted by Gasteiger charge is 2.25. The van der Waals surface area contributed by atoms with E-state index in [-0.39, 0.29) is 29.8 Å². The zero-order valence-electron chi connectivity index (χ0n) is 19.4.